The number of Topliss-reactive ketones (excluding diaryl/α,β-unsaturated/α-hetero) is 1. The first-order valence-corrected chi connectivity index (χ1v) is 5.90. The molecule has 6 nitrogen and oxygen atoms in total. The van der Waals surface area contributed by atoms with Crippen molar-refractivity contribution in [1.29, 1.82) is 0 Å². The van der Waals surface area contributed by atoms with Crippen LogP contribution in [0.4, 0.5) is 0 Å². The average Bonchev–Trinajstić information content (AvgIpc) is 2.97. The molecule has 0 radical (unpaired) electrons. The third kappa shape index (κ3) is 2.73. The van der Waals surface area contributed by atoms with E-state index >= 15 is 0 Å². The SMILES string of the molecule is CC(=O)c1cc(C(=O)N(C)Cc2ncc[nH]2)n(C)c1. The number of aromatic amines is 1. The molecule has 0 aromatic carbocycles. The normalized spacial score (nSPS) is 10.5. The first kappa shape index (κ1) is 13.1. The number of nitrogens with zero attached hydrogens (tertiary/aromatic N) is 3. The molecule has 2 aromatic rings. The van der Waals surface area contributed by atoms with Crippen LogP contribution in [0.2, 0.25) is 0 Å². The van der Waals surface area contributed by atoms with Crippen LogP contribution in [-0.4, -0.2) is 38.2 Å². The van der Waals surface area contributed by atoms with Gasteiger partial charge in [-0.1, -0.05) is 0 Å². The van der Waals surface area contributed by atoms with Gasteiger partial charge in [-0.15, -0.1) is 0 Å². The summed E-state index contributed by atoms with van der Waals surface area (Å²) in [6.07, 6.45) is 5.02. The number of ketones is 1. The number of amides is 1. The molecule has 0 aliphatic rings. The lowest BCUT2D eigenvalue weighted by atomic mass is 10.2. The van der Waals surface area contributed by atoms with Crippen LogP contribution in [0.25, 0.3) is 0 Å². The summed E-state index contributed by atoms with van der Waals surface area (Å²) in [7, 11) is 3.45. The Kier molecular flexibility index (Phi) is 3.50. The van der Waals surface area contributed by atoms with E-state index in [1.54, 1.807) is 48.2 Å². The molecule has 19 heavy (non-hydrogen) atoms. The highest BCUT2D eigenvalue weighted by atomic mass is 16.2. The predicted octanol–water partition coefficient (Wildman–Crippen LogP) is 1.22. The minimum absolute atomic E-state index is 0.0525. The van der Waals surface area contributed by atoms with E-state index in [1.807, 2.05) is 0 Å². The van der Waals surface area contributed by atoms with Crippen LogP contribution in [0, 0.1) is 0 Å². The second-order valence-corrected chi connectivity index (χ2v) is 4.48. The van der Waals surface area contributed by atoms with Crippen molar-refractivity contribution in [3.05, 3.63) is 41.7 Å². The Morgan fingerprint density at radius 3 is 2.74 bits per heavy atom. The molecular weight excluding hydrogens is 244 g/mol. The Bertz CT molecular complexity index is 598. The van der Waals surface area contributed by atoms with E-state index in [0.29, 0.717) is 17.8 Å². The Morgan fingerprint density at radius 2 is 2.21 bits per heavy atom. The zero-order valence-electron chi connectivity index (χ0n) is 11.2. The Hall–Kier alpha value is -2.37. The van der Waals surface area contributed by atoms with Gasteiger partial charge in [0.25, 0.3) is 5.91 Å². The highest BCUT2D eigenvalue weighted by Crippen LogP contribution is 2.11. The van der Waals surface area contributed by atoms with Gasteiger partial charge in [0, 0.05) is 38.2 Å². The molecule has 2 aromatic heterocycles. The van der Waals surface area contributed by atoms with Gasteiger partial charge in [0.05, 0.1) is 6.54 Å². The van der Waals surface area contributed by atoms with E-state index in [2.05, 4.69) is 9.97 Å². The van der Waals surface area contributed by atoms with Gasteiger partial charge in [0.2, 0.25) is 0 Å². The van der Waals surface area contributed by atoms with Crippen molar-refractivity contribution in [2.45, 2.75) is 13.5 Å². The Morgan fingerprint density at radius 1 is 1.47 bits per heavy atom. The van der Waals surface area contributed by atoms with Crippen LogP contribution in [0.1, 0.15) is 33.6 Å². The number of hydrogen-bond donors (Lipinski definition) is 1. The summed E-state index contributed by atoms with van der Waals surface area (Å²) in [6, 6.07) is 1.61. The highest BCUT2D eigenvalue weighted by Gasteiger charge is 2.18. The number of aromatic nitrogens is 3. The smallest absolute Gasteiger partial charge is 0.270 e. The molecular formula is C13H16N4O2. The van der Waals surface area contributed by atoms with Crippen molar-refractivity contribution >= 4 is 11.7 Å². The molecule has 0 aliphatic heterocycles. The summed E-state index contributed by atoms with van der Waals surface area (Å²) in [5.74, 6) is 0.520. The number of carbonyl (C=O) groups excluding carboxylic acids is 2. The number of nitrogens with one attached hydrogen (secondary N) is 1. The molecule has 0 saturated heterocycles. The van der Waals surface area contributed by atoms with Gasteiger partial charge in [-0.05, 0) is 13.0 Å². The van der Waals surface area contributed by atoms with Crippen LogP contribution in [0.5, 0.6) is 0 Å². The van der Waals surface area contributed by atoms with Gasteiger partial charge in [-0.25, -0.2) is 4.98 Å². The summed E-state index contributed by atoms with van der Waals surface area (Å²) in [4.78, 5) is 32.2. The lowest BCUT2D eigenvalue weighted by Crippen LogP contribution is -2.28. The van der Waals surface area contributed by atoms with Crippen LogP contribution in [0.15, 0.2) is 24.7 Å². The topological polar surface area (TPSA) is 71.0 Å². The van der Waals surface area contributed by atoms with Crippen LogP contribution < -0.4 is 0 Å². The molecule has 0 aliphatic carbocycles. The minimum atomic E-state index is -0.147. The van der Waals surface area contributed by atoms with Crippen LogP contribution in [-0.2, 0) is 13.6 Å². The van der Waals surface area contributed by atoms with Gasteiger partial charge in [0.15, 0.2) is 5.78 Å². The van der Waals surface area contributed by atoms with Gasteiger partial charge < -0.3 is 14.5 Å². The standard InChI is InChI=1S/C13H16N4O2/c1-9(18)10-6-11(16(2)7-10)13(19)17(3)8-12-14-4-5-15-12/h4-7H,8H2,1-3H3,(H,14,15). The van der Waals surface area contributed by atoms with Gasteiger partial charge in [-0.2, -0.15) is 0 Å². The summed E-state index contributed by atoms with van der Waals surface area (Å²) in [5, 5.41) is 0. The monoisotopic (exact) mass is 260 g/mol. The van der Waals surface area contributed by atoms with Crippen molar-refractivity contribution in [3.8, 4) is 0 Å². The molecule has 6 heteroatoms. The quantitative estimate of drug-likeness (QED) is 0.840. The molecule has 0 unspecified atom stereocenters. The van der Waals surface area contributed by atoms with Crippen LogP contribution >= 0.6 is 0 Å². The molecule has 1 N–H and O–H groups in total. The molecule has 0 bridgehead atoms. The largest absolute Gasteiger partial charge is 0.347 e. The maximum Gasteiger partial charge on any atom is 0.270 e. The molecule has 100 valence electrons. The molecule has 0 spiro atoms. The molecule has 2 rings (SSSR count). The fraction of sp³-hybridized carbons (Fsp3) is 0.308. The molecule has 0 fully saturated rings. The Labute approximate surface area is 111 Å². The first-order chi connectivity index (χ1) is 8.99. The second-order valence-electron chi connectivity index (χ2n) is 4.48. The Balaban J connectivity index is 2.17. The maximum absolute atomic E-state index is 12.3. The van der Waals surface area contributed by atoms with E-state index in [9.17, 15) is 9.59 Å². The second kappa shape index (κ2) is 5.09. The van der Waals surface area contributed by atoms with E-state index in [0.717, 1.165) is 5.82 Å². The number of aryl methyl sites for hydroxylation is 1. The average molecular weight is 260 g/mol. The number of H-pyrrole nitrogens is 1. The first-order valence-electron chi connectivity index (χ1n) is 5.90. The van der Waals surface area contributed by atoms with E-state index in [4.69, 9.17) is 0 Å². The third-order valence-electron chi connectivity index (χ3n) is 2.92. The molecule has 2 heterocycles. The van der Waals surface area contributed by atoms with Crippen molar-refractivity contribution in [2.75, 3.05) is 7.05 Å². The summed E-state index contributed by atoms with van der Waals surface area (Å²) in [6.45, 7) is 1.88. The van der Waals surface area contributed by atoms with Crippen molar-refractivity contribution < 1.29 is 9.59 Å². The summed E-state index contributed by atoms with van der Waals surface area (Å²) in [5.41, 5.74) is 1.02. The van der Waals surface area contributed by atoms with Gasteiger partial charge >= 0.3 is 0 Å². The van der Waals surface area contributed by atoms with Gasteiger partial charge in [-0.3, -0.25) is 9.59 Å². The van der Waals surface area contributed by atoms with E-state index in [-0.39, 0.29) is 11.7 Å². The zero-order chi connectivity index (χ0) is 14.0. The number of rotatable bonds is 4. The fourth-order valence-electron chi connectivity index (χ4n) is 1.85. The molecule has 0 atom stereocenters. The minimum Gasteiger partial charge on any atom is -0.347 e. The fourth-order valence-corrected chi connectivity index (χ4v) is 1.85. The van der Waals surface area contributed by atoms with E-state index < -0.39 is 0 Å². The predicted molar refractivity (Wildman–Crippen MR) is 69.8 cm³/mol. The number of imidazole rings is 1. The number of carbonyl (C=O) groups is 2. The number of hydrogen-bond acceptors (Lipinski definition) is 3. The van der Waals surface area contributed by atoms with Crippen molar-refractivity contribution in [2.24, 2.45) is 7.05 Å². The third-order valence-corrected chi connectivity index (χ3v) is 2.92. The van der Waals surface area contributed by atoms with E-state index in [1.165, 1.54) is 6.92 Å². The molecule has 0 saturated carbocycles. The molecule has 1 amide bonds. The lowest BCUT2D eigenvalue weighted by molar-refractivity contribution is 0.0772. The van der Waals surface area contributed by atoms with Crippen molar-refractivity contribution in [3.63, 3.8) is 0 Å². The zero-order valence-corrected chi connectivity index (χ0v) is 11.2. The van der Waals surface area contributed by atoms with Crippen molar-refractivity contribution in [1.82, 2.24) is 19.4 Å². The summed E-state index contributed by atoms with van der Waals surface area (Å²) >= 11 is 0. The highest BCUT2D eigenvalue weighted by molar-refractivity contribution is 5.99. The van der Waals surface area contributed by atoms with Crippen LogP contribution in [0.3, 0.4) is 0 Å². The lowest BCUT2D eigenvalue weighted by Gasteiger charge is -2.15. The van der Waals surface area contributed by atoms with Gasteiger partial charge in [0.1, 0.15) is 11.5 Å². The summed E-state index contributed by atoms with van der Waals surface area (Å²) < 4.78 is 1.66. The maximum atomic E-state index is 12.3.